The molecular formula is C15H21F2NO2. The molecular weight excluding hydrogens is 264 g/mol. The van der Waals surface area contributed by atoms with Crippen molar-refractivity contribution in [3.63, 3.8) is 0 Å². The second-order valence-electron chi connectivity index (χ2n) is 4.86. The van der Waals surface area contributed by atoms with Gasteiger partial charge in [-0.2, -0.15) is 0 Å². The van der Waals surface area contributed by atoms with Gasteiger partial charge in [-0.15, -0.1) is 0 Å². The first-order valence-electron chi connectivity index (χ1n) is 6.79. The summed E-state index contributed by atoms with van der Waals surface area (Å²) in [6.45, 7) is 6.19. The Morgan fingerprint density at radius 3 is 2.65 bits per heavy atom. The molecule has 0 fully saturated rings. The van der Waals surface area contributed by atoms with Crippen LogP contribution in [0.2, 0.25) is 0 Å². The molecule has 0 heterocycles. The third kappa shape index (κ3) is 4.27. The monoisotopic (exact) mass is 285 g/mol. The molecule has 5 heteroatoms. The average Bonchev–Trinajstić information content (AvgIpc) is 2.39. The molecule has 0 amide bonds. The summed E-state index contributed by atoms with van der Waals surface area (Å²) in [5.74, 6) is -1.51. The Balaban J connectivity index is 3.08. The van der Waals surface area contributed by atoms with Crippen LogP contribution in [0.15, 0.2) is 18.2 Å². The van der Waals surface area contributed by atoms with Gasteiger partial charge in [-0.05, 0) is 45.0 Å². The zero-order valence-electron chi connectivity index (χ0n) is 12.1. The minimum absolute atomic E-state index is 0.0544. The van der Waals surface area contributed by atoms with Gasteiger partial charge in [0.15, 0.2) is 0 Å². The lowest BCUT2D eigenvalue weighted by atomic mass is 9.87. The van der Waals surface area contributed by atoms with Gasteiger partial charge < -0.3 is 10.1 Å². The van der Waals surface area contributed by atoms with Crippen LogP contribution < -0.4 is 5.32 Å². The maximum absolute atomic E-state index is 14.0. The molecule has 3 nitrogen and oxygen atoms in total. The van der Waals surface area contributed by atoms with Crippen LogP contribution in [-0.2, 0) is 15.1 Å². The Labute approximate surface area is 118 Å². The third-order valence-electron chi connectivity index (χ3n) is 3.09. The highest BCUT2D eigenvalue weighted by Gasteiger charge is 2.32. The van der Waals surface area contributed by atoms with E-state index in [-0.39, 0.29) is 18.6 Å². The lowest BCUT2D eigenvalue weighted by molar-refractivity contribution is -0.144. The average molecular weight is 285 g/mol. The Morgan fingerprint density at radius 1 is 1.35 bits per heavy atom. The summed E-state index contributed by atoms with van der Waals surface area (Å²) < 4.78 is 32.3. The van der Waals surface area contributed by atoms with Crippen molar-refractivity contribution in [1.29, 1.82) is 0 Å². The first kappa shape index (κ1) is 16.6. The predicted molar refractivity (Wildman–Crippen MR) is 73.3 cm³/mol. The zero-order chi connectivity index (χ0) is 15.2. The van der Waals surface area contributed by atoms with Crippen molar-refractivity contribution in [2.45, 2.75) is 39.2 Å². The number of hydrogen-bond donors (Lipinski definition) is 1. The standard InChI is InChI=1S/C15H21F2NO2/c1-4-8-18-15(3,10-14(19)20-5-2)12-9-11(16)6-7-13(12)17/h6-7,9,18H,4-5,8,10H2,1-3H3. The fourth-order valence-corrected chi connectivity index (χ4v) is 2.07. The number of halogens is 2. The quantitative estimate of drug-likeness (QED) is 0.782. The van der Waals surface area contributed by atoms with Crippen LogP contribution in [0.3, 0.4) is 0 Å². The largest absolute Gasteiger partial charge is 0.466 e. The smallest absolute Gasteiger partial charge is 0.307 e. The molecule has 0 aromatic heterocycles. The van der Waals surface area contributed by atoms with E-state index in [0.717, 1.165) is 24.6 Å². The topological polar surface area (TPSA) is 38.3 Å². The highest BCUT2D eigenvalue weighted by molar-refractivity contribution is 5.71. The molecule has 0 radical (unpaired) electrons. The van der Waals surface area contributed by atoms with Gasteiger partial charge >= 0.3 is 5.97 Å². The molecule has 0 spiro atoms. The number of esters is 1. The van der Waals surface area contributed by atoms with E-state index in [1.165, 1.54) is 0 Å². The molecule has 1 atom stereocenters. The normalized spacial score (nSPS) is 13.8. The molecule has 0 bridgehead atoms. The fraction of sp³-hybridized carbons (Fsp3) is 0.533. The van der Waals surface area contributed by atoms with Crippen LogP contribution in [0.25, 0.3) is 0 Å². The van der Waals surface area contributed by atoms with Gasteiger partial charge in [-0.1, -0.05) is 6.92 Å². The Morgan fingerprint density at radius 2 is 2.05 bits per heavy atom. The second kappa shape index (κ2) is 7.33. The van der Waals surface area contributed by atoms with Crippen LogP contribution in [0, 0.1) is 11.6 Å². The van der Waals surface area contributed by atoms with Gasteiger partial charge in [0.25, 0.3) is 0 Å². The SMILES string of the molecule is CCCNC(C)(CC(=O)OCC)c1cc(F)ccc1F. The minimum Gasteiger partial charge on any atom is -0.466 e. The van der Waals surface area contributed by atoms with Gasteiger partial charge in [0, 0.05) is 5.56 Å². The highest BCUT2D eigenvalue weighted by atomic mass is 19.1. The summed E-state index contributed by atoms with van der Waals surface area (Å²) in [5.41, 5.74) is -0.854. The van der Waals surface area contributed by atoms with Gasteiger partial charge in [0.2, 0.25) is 0 Å². The predicted octanol–water partition coefficient (Wildman–Crippen LogP) is 3.13. The van der Waals surface area contributed by atoms with Crippen LogP contribution >= 0.6 is 0 Å². The van der Waals surface area contributed by atoms with Gasteiger partial charge in [-0.3, -0.25) is 4.79 Å². The van der Waals surface area contributed by atoms with E-state index >= 15 is 0 Å². The molecule has 0 aliphatic carbocycles. The summed E-state index contributed by atoms with van der Waals surface area (Å²) >= 11 is 0. The lowest BCUT2D eigenvalue weighted by Crippen LogP contribution is -2.43. The minimum atomic E-state index is -0.992. The number of ether oxygens (including phenoxy) is 1. The van der Waals surface area contributed by atoms with Crippen molar-refractivity contribution in [2.24, 2.45) is 0 Å². The first-order valence-corrected chi connectivity index (χ1v) is 6.79. The van der Waals surface area contributed by atoms with Crippen molar-refractivity contribution < 1.29 is 18.3 Å². The number of carbonyl (C=O) groups excluding carboxylic acids is 1. The number of benzene rings is 1. The molecule has 0 saturated carbocycles. The third-order valence-corrected chi connectivity index (χ3v) is 3.09. The van der Waals surface area contributed by atoms with Crippen LogP contribution in [-0.4, -0.2) is 19.1 Å². The van der Waals surface area contributed by atoms with E-state index in [2.05, 4.69) is 5.32 Å². The van der Waals surface area contributed by atoms with Gasteiger partial charge in [-0.25, -0.2) is 8.78 Å². The van der Waals surface area contributed by atoms with E-state index in [9.17, 15) is 13.6 Å². The molecule has 1 aromatic carbocycles. The Bertz CT molecular complexity index is 465. The van der Waals surface area contributed by atoms with Crippen molar-refractivity contribution >= 4 is 5.97 Å². The summed E-state index contributed by atoms with van der Waals surface area (Å²) in [6, 6.07) is 3.25. The van der Waals surface area contributed by atoms with Crippen molar-refractivity contribution in [2.75, 3.05) is 13.2 Å². The molecule has 1 N–H and O–H groups in total. The summed E-state index contributed by atoms with van der Waals surface area (Å²) in [5, 5.41) is 3.11. The number of nitrogens with one attached hydrogen (secondary N) is 1. The summed E-state index contributed by atoms with van der Waals surface area (Å²) in [6.07, 6.45) is 0.760. The molecule has 1 aromatic rings. The van der Waals surface area contributed by atoms with Gasteiger partial charge in [0.1, 0.15) is 11.6 Å². The van der Waals surface area contributed by atoms with E-state index in [0.29, 0.717) is 6.54 Å². The summed E-state index contributed by atoms with van der Waals surface area (Å²) in [7, 11) is 0. The zero-order valence-corrected chi connectivity index (χ0v) is 12.1. The lowest BCUT2D eigenvalue weighted by Gasteiger charge is -2.31. The summed E-state index contributed by atoms with van der Waals surface area (Å²) in [4.78, 5) is 11.7. The second-order valence-corrected chi connectivity index (χ2v) is 4.86. The number of carbonyl (C=O) groups is 1. The van der Waals surface area contributed by atoms with Crippen molar-refractivity contribution in [3.8, 4) is 0 Å². The molecule has 1 unspecified atom stereocenters. The molecule has 0 aliphatic heterocycles. The highest BCUT2D eigenvalue weighted by Crippen LogP contribution is 2.28. The van der Waals surface area contributed by atoms with E-state index in [1.807, 2.05) is 6.92 Å². The number of rotatable bonds is 7. The fourth-order valence-electron chi connectivity index (χ4n) is 2.07. The Kier molecular flexibility index (Phi) is 6.07. The van der Waals surface area contributed by atoms with E-state index < -0.39 is 23.1 Å². The molecule has 0 saturated heterocycles. The first-order chi connectivity index (χ1) is 9.42. The Hall–Kier alpha value is -1.49. The van der Waals surface area contributed by atoms with Crippen LogP contribution in [0.1, 0.15) is 39.2 Å². The molecule has 20 heavy (non-hydrogen) atoms. The maximum atomic E-state index is 14.0. The van der Waals surface area contributed by atoms with E-state index in [1.54, 1.807) is 13.8 Å². The van der Waals surface area contributed by atoms with Crippen LogP contribution in [0.5, 0.6) is 0 Å². The van der Waals surface area contributed by atoms with E-state index in [4.69, 9.17) is 4.74 Å². The van der Waals surface area contributed by atoms with Crippen molar-refractivity contribution in [3.05, 3.63) is 35.4 Å². The van der Waals surface area contributed by atoms with Crippen LogP contribution in [0.4, 0.5) is 8.78 Å². The molecule has 0 aliphatic rings. The molecule has 112 valence electrons. The molecule has 1 rings (SSSR count). The maximum Gasteiger partial charge on any atom is 0.307 e. The van der Waals surface area contributed by atoms with Gasteiger partial charge in [0.05, 0.1) is 18.6 Å². The number of hydrogen-bond acceptors (Lipinski definition) is 3. The van der Waals surface area contributed by atoms with Crippen molar-refractivity contribution in [1.82, 2.24) is 5.32 Å².